The van der Waals surface area contributed by atoms with E-state index >= 15 is 0 Å². The third-order valence-corrected chi connectivity index (χ3v) is 3.76. The average Bonchev–Trinajstić information content (AvgIpc) is 2.50. The summed E-state index contributed by atoms with van der Waals surface area (Å²) in [6.07, 6.45) is 22.2. The fourth-order valence-corrected chi connectivity index (χ4v) is 2.48. The summed E-state index contributed by atoms with van der Waals surface area (Å²) in [6.45, 7) is 3.36. The van der Waals surface area contributed by atoms with Crippen molar-refractivity contribution < 1.29 is 14.7 Å². The lowest BCUT2D eigenvalue weighted by Crippen LogP contribution is -2.05. The first kappa shape index (κ1) is 24.9. The summed E-state index contributed by atoms with van der Waals surface area (Å²) in [5, 5.41) is 7.42. The molecule has 0 saturated carbocycles. The van der Waals surface area contributed by atoms with Crippen LogP contribution < -0.4 is 5.73 Å². The first-order chi connectivity index (χ1) is 11.5. The van der Waals surface area contributed by atoms with E-state index in [-0.39, 0.29) is 5.91 Å². The van der Waals surface area contributed by atoms with Crippen LogP contribution in [0.3, 0.4) is 0 Å². The Morgan fingerprint density at radius 3 is 1.46 bits per heavy atom. The van der Waals surface area contributed by atoms with E-state index < -0.39 is 5.97 Å². The maximum absolute atomic E-state index is 10.5. The monoisotopic (exact) mass is 341 g/mol. The number of amides is 1. The Bertz CT molecular complexity index is 310. The van der Waals surface area contributed by atoms with Gasteiger partial charge in [-0.3, -0.25) is 9.59 Å². The van der Waals surface area contributed by atoms with Crippen LogP contribution in [0.2, 0.25) is 0 Å². The van der Waals surface area contributed by atoms with Gasteiger partial charge in [-0.1, -0.05) is 90.0 Å². The molecule has 142 valence electrons. The van der Waals surface area contributed by atoms with Crippen LogP contribution in [0.1, 0.15) is 104 Å². The summed E-state index contributed by atoms with van der Waals surface area (Å²) < 4.78 is 0. The highest BCUT2D eigenvalue weighted by Gasteiger charge is 1.93. The SMILES string of the molecule is CC(=O)O.CCCCCCCCCCCCCCCC=CC(N)=O. The molecule has 4 heteroatoms. The molecule has 0 aromatic carbocycles. The third kappa shape index (κ3) is 32.6. The van der Waals surface area contributed by atoms with Crippen LogP contribution in [0.5, 0.6) is 0 Å². The van der Waals surface area contributed by atoms with Gasteiger partial charge in [0.2, 0.25) is 5.91 Å². The highest BCUT2D eigenvalue weighted by atomic mass is 16.4. The summed E-state index contributed by atoms with van der Waals surface area (Å²) in [4.78, 5) is 19.5. The Morgan fingerprint density at radius 1 is 0.792 bits per heavy atom. The van der Waals surface area contributed by atoms with Crippen LogP contribution in [0.4, 0.5) is 0 Å². The highest BCUT2D eigenvalue weighted by Crippen LogP contribution is 2.12. The second kappa shape index (κ2) is 21.7. The molecule has 0 radical (unpaired) electrons. The van der Waals surface area contributed by atoms with Crippen molar-refractivity contribution in [3.63, 3.8) is 0 Å². The molecule has 0 aromatic rings. The van der Waals surface area contributed by atoms with E-state index in [0.29, 0.717) is 0 Å². The molecule has 0 rings (SSSR count). The van der Waals surface area contributed by atoms with E-state index in [9.17, 15) is 4.79 Å². The van der Waals surface area contributed by atoms with Gasteiger partial charge in [-0.2, -0.15) is 0 Å². The third-order valence-electron chi connectivity index (χ3n) is 3.76. The van der Waals surface area contributed by atoms with Gasteiger partial charge in [0.15, 0.2) is 0 Å². The van der Waals surface area contributed by atoms with Crippen LogP contribution in [0.25, 0.3) is 0 Å². The van der Waals surface area contributed by atoms with Crippen molar-refractivity contribution >= 4 is 11.9 Å². The molecular formula is C20H39NO3. The smallest absolute Gasteiger partial charge is 0.300 e. The molecule has 0 unspecified atom stereocenters. The van der Waals surface area contributed by atoms with E-state index in [0.717, 1.165) is 13.3 Å². The number of aliphatic carboxylic acids is 1. The van der Waals surface area contributed by atoms with E-state index in [4.69, 9.17) is 15.6 Å². The Morgan fingerprint density at radius 2 is 1.12 bits per heavy atom. The highest BCUT2D eigenvalue weighted by molar-refractivity contribution is 5.85. The lowest BCUT2D eigenvalue weighted by molar-refractivity contribution is -0.134. The molecule has 24 heavy (non-hydrogen) atoms. The fourth-order valence-electron chi connectivity index (χ4n) is 2.48. The van der Waals surface area contributed by atoms with Crippen molar-refractivity contribution in [3.8, 4) is 0 Å². The Kier molecular flexibility index (Phi) is 22.5. The lowest BCUT2D eigenvalue weighted by Gasteiger charge is -2.02. The number of rotatable bonds is 15. The van der Waals surface area contributed by atoms with Gasteiger partial charge in [-0.05, 0) is 18.9 Å². The maximum atomic E-state index is 10.5. The van der Waals surface area contributed by atoms with Crippen LogP contribution in [0, 0.1) is 0 Å². The zero-order valence-corrected chi connectivity index (χ0v) is 15.9. The second-order valence-electron chi connectivity index (χ2n) is 6.36. The van der Waals surface area contributed by atoms with Crippen LogP contribution in [-0.4, -0.2) is 17.0 Å². The quantitative estimate of drug-likeness (QED) is 0.300. The van der Waals surface area contributed by atoms with E-state index in [1.807, 2.05) is 6.08 Å². The molecule has 4 nitrogen and oxygen atoms in total. The topological polar surface area (TPSA) is 80.4 Å². The Balaban J connectivity index is 0. The van der Waals surface area contributed by atoms with Crippen molar-refractivity contribution in [1.82, 2.24) is 0 Å². The van der Waals surface area contributed by atoms with Gasteiger partial charge in [0, 0.05) is 6.92 Å². The number of hydrogen-bond acceptors (Lipinski definition) is 2. The molecule has 0 saturated heterocycles. The normalized spacial score (nSPS) is 10.4. The number of carboxylic acids is 1. The van der Waals surface area contributed by atoms with Crippen molar-refractivity contribution in [2.45, 2.75) is 104 Å². The summed E-state index contributed by atoms with van der Waals surface area (Å²) in [6, 6.07) is 0. The number of carboxylic acid groups (broad SMARTS) is 1. The van der Waals surface area contributed by atoms with Crippen LogP contribution in [0.15, 0.2) is 12.2 Å². The zero-order chi connectivity index (χ0) is 18.5. The number of primary amides is 1. The molecule has 0 aliphatic rings. The number of hydrogen-bond donors (Lipinski definition) is 2. The summed E-state index contributed by atoms with van der Waals surface area (Å²) >= 11 is 0. The predicted octanol–water partition coefficient (Wildman–Crippen LogP) is 5.60. The summed E-state index contributed by atoms with van der Waals surface area (Å²) in [5.41, 5.74) is 5.02. The minimum Gasteiger partial charge on any atom is -0.481 e. The molecule has 0 bridgehead atoms. The van der Waals surface area contributed by atoms with Crippen LogP contribution in [-0.2, 0) is 9.59 Å². The molecule has 0 fully saturated rings. The fraction of sp³-hybridized carbons (Fsp3) is 0.800. The number of carbonyl (C=O) groups excluding carboxylic acids is 1. The van der Waals surface area contributed by atoms with Crippen molar-refractivity contribution in [2.75, 3.05) is 0 Å². The average molecular weight is 342 g/mol. The van der Waals surface area contributed by atoms with Gasteiger partial charge in [-0.25, -0.2) is 0 Å². The van der Waals surface area contributed by atoms with E-state index in [1.54, 1.807) is 0 Å². The minimum atomic E-state index is -0.833. The van der Waals surface area contributed by atoms with E-state index in [1.165, 1.54) is 89.5 Å². The Hall–Kier alpha value is -1.32. The maximum Gasteiger partial charge on any atom is 0.300 e. The largest absolute Gasteiger partial charge is 0.481 e. The van der Waals surface area contributed by atoms with Crippen molar-refractivity contribution in [3.05, 3.63) is 12.2 Å². The van der Waals surface area contributed by atoms with E-state index in [2.05, 4.69) is 6.92 Å². The molecule has 0 aliphatic carbocycles. The number of allylic oxidation sites excluding steroid dienone is 1. The van der Waals surface area contributed by atoms with Gasteiger partial charge in [-0.15, -0.1) is 0 Å². The minimum absolute atomic E-state index is 0.334. The summed E-state index contributed by atoms with van der Waals surface area (Å²) in [7, 11) is 0. The Labute approximate surface area is 148 Å². The first-order valence-corrected chi connectivity index (χ1v) is 9.66. The van der Waals surface area contributed by atoms with Gasteiger partial charge in [0.05, 0.1) is 0 Å². The molecule has 0 aliphatic heterocycles. The first-order valence-electron chi connectivity index (χ1n) is 9.66. The summed E-state index contributed by atoms with van der Waals surface area (Å²) in [5.74, 6) is -1.17. The lowest BCUT2D eigenvalue weighted by atomic mass is 10.0. The molecule has 3 N–H and O–H groups in total. The van der Waals surface area contributed by atoms with Gasteiger partial charge in [0.25, 0.3) is 5.97 Å². The van der Waals surface area contributed by atoms with Gasteiger partial charge >= 0.3 is 0 Å². The molecule has 0 spiro atoms. The van der Waals surface area contributed by atoms with Crippen molar-refractivity contribution in [1.29, 1.82) is 0 Å². The standard InChI is InChI=1S/C18H35NO.C2H4O2/c1-2-3-4-5-6-7-8-9-10-11-12-13-14-15-16-17-18(19)20;1-2(3)4/h16-17H,2-15H2,1H3,(H2,19,20);1H3,(H,3,4). The molecule has 1 amide bonds. The molecule has 0 aromatic heterocycles. The van der Waals surface area contributed by atoms with Crippen molar-refractivity contribution in [2.24, 2.45) is 5.73 Å². The van der Waals surface area contributed by atoms with Gasteiger partial charge in [0.1, 0.15) is 0 Å². The molecular weight excluding hydrogens is 302 g/mol. The molecule has 0 heterocycles. The molecule has 0 atom stereocenters. The van der Waals surface area contributed by atoms with Gasteiger partial charge < -0.3 is 10.8 Å². The second-order valence-corrected chi connectivity index (χ2v) is 6.36. The van der Waals surface area contributed by atoms with Crippen LogP contribution >= 0.6 is 0 Å². The predicted molar refractivity (Wildman–Crippen MR) is 102 cm³/mol. The zero-order valence-electron chi connectivity index (χ0n) is 15.9. The number of unbranched alkanes of at least 4 members (excludes halogenated alkanes) is 13. The number of carbonyl (C=O) groups is 2. The number of nitrogens with two attached hydrogens (primary N) is 1.